The van der Waals surface area contributed by atoms with Crippen LogP contribution in [0.2, 0.25) is 5.02 Å². The smallest absolute Gasteiger partial charge is 0.140 e. The fraction of sp³-hybridized carbons (Fsp3) is 0.316. The molecule has 3 heterocycles. The molecule has 0 bridgehead atoms. The Bertz CT molecular complexity index is 865. The number of aromatic nitrogens is 2. The molecule has 0 spiro atoms. The number of halogens is 1. The average Bonchev–Trinajstić information content (AvgIpc) is 2.98. The van der Waals surface area contributed by atoms with E-state index < -0.39 is 0 Å². The van der Waals surface area contributed by atoms with Crippen molar-refractivity contribution in [2.75, 3.05) is 18.4 Å². The molecule has 0 saturated carbocycles. The first-order valence-electron chi connectivity index (χ1n) is 8.36. The number of pyridine rings is 1. The average molecular weight is 341 g/mol. The number of fused-ring (bicyclic) bond motifs is 1. The van der Waals surface area contributed by atoms with E-state index in [1.165, 1.54) is 5.56 Å². The molecule has 0 aliphatic carbocycles. The van der Waals surface area contributed by atoms with Gasteiger partial charge < -0.3 is 15.6 Å². The molecule has 3 N–H and O–H groups in total. The lowest BCUT2D eigenvalue weighted by Gasteiger charge is -2.36. The highest BCUT2D eigenvalue weighted by Crippen LogP contribution is 2.39. The van der Waals surface area contributed by atoms with Gasteiger partial charge in [0.15, 0.2) is 0 Å². The van der Waals surface area contributed by atoms with Crippen LogP contribution in [0.25, 0.3) is 11.0 Å². The van der Waals surface area contributed by atoms with Gasteiger partial charge in [-0.2, -0.15) is 0 Å². The topological polar surface area (TPSA) is 52.7 Å². The Balaban J connectivity index is 1.76. The number of para-hydroxylation sites is 1. The molecule has 1 aromatic carbocycles. The SMILES string of the molecule is CC1(c2ccccc2Nc2ccnc3[nH]cc(Cl)c23)CCNCC1. The molecule has 0 atom stereocenters. The van der Waals surface area contributed by atoms with Gasteiger partial charge in [-0.3, -0.25) is 0 Å². The van der Waals surface area contributed by atoms with E-state index in [0.717, 1.165) is 48.3 Å². The van der Waals surface area contributed by atoms with Crippen molar-refractivity contribution in [3.05, 3.63) is 53.3 Å². The van der Waals surface area contributed by atoms with Crippen LogP contribution < -0.4 is 10.6 Å². The Morgan fingerprint density at radius 2 is 1.92 bits per heavy atom. The first-order chi connectivity index (χ1) is 11.7. The molecule has 0 unspecified atom stereocenters. The van der Waals surface area contributed by atoms with Crippen molar-refractivity contribution >= 4 is 34.0 Å². The maximum Gasteiger partial charge on any atom is 0.140 e. The van der Waals surface area contributed by atoms with Crippen molar-refractivity contribution in [3.63, 3.8) is 0 Å². The second-order valence-electron chi connectivity index (χ2n) is 6.70. The first-order valence-corrected chi connectivity index (χ1v) is 8.74. The van der Waals surface area contributed by atoms with Gasteiger partial charge in [0.2, 0.25) is 0 Å². The summed E-state index contributed by atoms with van der Waals surface area (Å²) >= 11 is 6.34. The summed E-state index contributed by atoms with van der Waals surface area (Å²) in [5.74, 6) is 0. The van der Waals surface area contributed by atoms with Crippen LogP contribution in [0.4, 0.5) is 11.4 Å². The predicted octanol–water partition coefficient (Wildman–Crippen LogP) is 4.60. The normalized spacial score (nSPS) is 17.1. The van der Waals surface area contributed by atoms with Gasteiger partial charge in [0.25, 0.3) is 0 Å². The van der Waals surface area contributed by atoms with E-state index >= 15 is 0 Å². The molecular formula is C19H21ClN4. The molecular weight excluding hydrogens is 320 g/mol. The zero-order valence-electron chi connectivity index (χ0n) is 13.7. The summed E-state index contributed by atoms with van der Waals surface area (Å²) in [6, 6.07) is 10.6. The monoisotopic (exact) mass is 340 g/mol. The summed E-state index contributed by atoms with van der Waals surface area (Å²) in [4.78, 5) is 7.45. The molecule has 3 aromatic rings. The van der Waals surface area contributed by atoms with Gasteiger partial charge in [-0.05, 0) is 49.0 Å². The standard InChI is InChI=1S/C19H21ClN4/c1-19(7-10-21-11-8-19)13-4-2-3-5-15(13)24-16-6-9-22-18-17(16)14(20)12-23-18/h2-6,9,12,21H,7-8,10-11H2,1H3,(H2,22,23,24). The molecule has 1 fully saturated rings. The third-order valence-electron chi connectivity index (χ3n) is 5.08. The fourth-order valence-corrected chi connectivity index (χ4v) is 3.88. The van der Waals surface area contributed by atoms with Crippen LogP contribution in [0.3, 0.4) is 0 Å². The minimum atomic E-state index is 0.183. The third-order valence-corrected chi connectivity index (χ3v) is 5.38. The number of hydrogen-bond donors (Lipinski definition) is 3. The molecule has 5 heteroatoms. The van der Waals surface area contributed by atoms with Gasteiger partial charge in [-0.15, -0.1) is 0 Å². The van der Waals surface area contributed by atoms with Crippen molar-refractivity contribution in [1.82, 2.24) is 15.3 Å². The van der Waals surface area contributed by atoms with E-state index in [9.17, 15) is 0 Å². The van der Waals surface area contributed by atoms with Gasteiger partial charge >= 0.3 is 0 Å². The van der Waals surface area contributed by atoms with E-state index in [1.807, 2.05) is 6.07 Å². The van der Waals surface area contributed by atoms with Crippen LogP contribution in [0.15, 0.2) is 42.7 Å². The van der Waals surface area contributed by atoms with Crippen LogP contribution in [-0.4, -0.2) is 23.1 Å². The maximum atomic E-state index is 6.34. The molecule has 4 nitrogen and oxygen atoms in total. The zero-order chi connectivity index (χ0) is 16.6. The quantitative estimate of drug-likeness (QED) is 0.653. The van der Waals surface area contributed by atoms with E-state index in [4.69, 9.17) is 11.6 Å². The minimum Gasteiger partial charge on any atom is -0.355 e. The van der Waals surface area contributed by atoms with Gasteiger partial charge in [0.1, 0.15) is 5.65 Å². The molecule has 0 amide bonds. The highest BCUT2D eigenvalue weighted by Gasteiger charge is 2.30. The van der Waals surface area contributed by atoms with E-state index in [-0.39, 0.29) is 5.41 Å². The Morgan fingerprint density at radius 1 is 1.12 bits per heavy atom. The van der Waals surface area contributed by atoms with Crippen LogP contribution in [0, 0.1) is 0 Å². The summed E-state index contributed by atoms with van der Waals surface area (Å²) in [7, 11) is 0. The molecule has 124 valence electrons. The number of nitrogens with one attached hydrogen (secondary N) is 3. The summed E-state index contributed by atoms with van der Waals surface area (Å²) in [6.07, 6.45) is 5.86. The number of nitrogens with zero attached hydrogens (tertiary/aromatic N) is 1. The molecule has 4 rings (SSSR count). The van der Waals surface area contributed by atoms with Crippen molar-refractivity contribution < 1.29 is 0 Å². The third kappa shape index (κ3) is 2.66. The van der Waals surface area contributed by atoms with Crippen LogP contribution >= 0.6 is 11.6 Å². The lowest BCUT2D eigenvalue weighted by atomic mass is 9.74. The number of hydrogen-bond acceptors (Lipinski definition) is 3. The highest BCUT2D eigenvalue weighted by molar-refractivity contribution is 6.36. The van der Waals surface area contributed by atoms with Crippen LogP contribution in [0.1, 0.15) is 25.3 Å². The number of aromatic amines is 1. The Morgan fingerprint density at radius 3 is 2.75 bits per heavy atom. The number of benzene rings is 1. The molecule has 1 saturated heterocycles. The van der Waals surface area contributed by atoms with Gasteiger partial charge in [0, 0.05) is 18.1 Å². The molecule has 0 radical (unpaired) electrons. The number of H-pyrrole nitrogens is 1. The fourth-order valence-electron chi connectivity index (χ4n) is 3.63. The molecule has 1 aliphatic rings. The van der Waals surface area contributed by atoms with E-state index in [2.05, 4.69) is 51.8 Å². The number of piperidine rings is 1. The molecule has 24 heavy (non-hydrogen) atoms. The number of rotatable bonds is 3. The summed E-state index contributed by atoms with van der Waals surface area (Å²) in [5, 5.41) is 8.68. The molecule has 1 aliphatic heterocycles. The predicted molar refractivity (Wildman–Crippen MR) is 100 cm³/mol. The maximum absolute atomic E-state index is 6.34. The first kappa shape index (κ1) is 15.5. The van der Waals surface area contributed by atoms with Crippen molar-refractivity contribution in [3.8, 4) is 0 Å². The summed E-state index contributed by atoms with van der Waals surface area (Å²) in [5.41, 5.74) is 4.48. The summed E-state index contributed by atoms with van der Waals surface area (Å²) < 4.78 is 0. The largest absolute Gasteiger partial charge is 0.355 e. The zero-order valence-corrected chi connectivity index (χ0v) is 14.5. The Labute approximate surface area is 146 Å². The lowest BCUT2D eigenvalue weighted by Crippen LogP contribution is -2.38. The minimum absolute atomic E-state index is 0.183. The second kappa shape index (κ2) is 6.11. The van der Waals surface area contributed by atoms with Crippen LogP contribution in [-0.2, 0) is 5.41 Å². The van der Waals surface area contributed by atoms with Gasteiger partial charge in [-0.1, -0.05) is 36.7 Å². The van der Waals surface area contributed by atoms with Crippen LogP contribution in [0.5, 0.6) is 0 Å². The van der Waals surface area contributed by atoms with Crippen molar-refractivity contribution in [2.24, 2.45) is 0 Å². The second-order valence-corrected chi connectivity index (χ2v) is 7.11. The van der Waals surface area contributed by atoms with Gasteiger partial charge in [0.05, 0.1) is 16.1 Å². The number of anilines is 2. The Kier molecular flexibility index (Phi) is 3.94. The van der Waals surface area contributed by atoms with Gasteiger partial charge in [-0.25, -0.2) is 4.98 Å². The van der Waals surface area contributed by atoms with Crippen molar-refractivity contribution in [2.45, 2.75) is 25.2 Å². The van der Waals surface area contributed by atoms with E-state index in [0.29, 0.717) is 5.02 Å². The molecule has 2 aromatic heterocycles. The van der Waals surface area contributed by atoms with Crippen molar-refractivity contribution in [1.29, 1.82) is 0 Å². The Hall–Kier alpha value is -2.04. The highest BCUT2D eigenvalue weighted by atomic mass is 35.5. The van der Waals surface area contributed by atoms with E-state index in [1.54, 1.807) is 12.4 Å². The lowest BCUT2D eigenvalue weighted by molar-refractivity contribution is 0.336. The summed E-state index contributed by atoms with van der Waals surface area (Å²) in [6.45, 7) is 4.49.